The summed E-state index contributed by atoms with van der Waals surface area (Å²) in [5.74, 6) is 0.569. The molecule has 1 aromatic heterocycles. The Bertz CT molecular complexity index is 1070. The number of furan rings is 1. The van der Waals surface area contributed by atoms with Crippen LogP contribution in [0.15, 0.2) is 57.6 Å². The van der Waals surface area contributed by atoms with Crippen molar-refractivity contribution in [2.45, 2.75) is 13.3 Å². The SMILES string of the molecule is COc1cc2occ(-c3cccc(Br)c3)c2cc1/C(C)=C/C(=O)NCCCN(C)C. The standard InChI is InChI=1S/C24H27BrN2O3/c1-16(11-24(28)26-9-6-10-27(2)3)19-13-20-21(17-7-5-8-18(25)12-17)15-30-23(20)14-22(19)29-4/h5,7-8,11-15H,6,9-10H2,1-4H3,(H,26,28)/b16-11+. The number of amides is 1. The lowest BCUT2D eigenvalue weighted by Crippen LogP contribution is -2.25. The fourth-order valence-corrected chi connectivity index (χ4v) is 3.74. The third kappa shape index (κ3) is 5.32. The highest BCUT2D eigenvalue weighted by Crippen LogP contribution is 2.37. The largest absolute Gasteiger partial charge is 0.496 e. The number of halogens is 1. The van der Waals surface area contributed by atoms with E-state index in [0.29, 0.717) is 12.3 Å². The van der Waals surface area contributed by atoms with Crippen molar-refractivity contribution in [1.29, 1.82) is 0 Å². The quantitative estimate of drug-likeness (QED) is 0.356. The second-order valence-electron chi connectivity index (χ2n) is 7.48. The molecule has 2 aromatic carbocycles. The zero-order chi connectivity index (χ0) is 21.7. The van der Waals surface area contributed by atoms with Crippen LogP contribution < -0.4 is 10.1 Å². The minimum atomic E-state index is -0.104. The van der Waals surface area contributed by atoms with Gasteiger partial charge in [0, 0.05) is 39.7 Å². The predicted octanol–water partition coefficient (Wildman–Crippen LogP) is 5.34. The number of carbonyl (C=O) groups excluding carboxylic acids is 1. The maximum Gasteiger partial charge on any atom is 0.244 e. The summed E-state index contributed by atoms with van der Waals surface area (Å²) in [6.45, 7) is 3.50. The molecule has 1 heterocycles. The number of hydrogen-bond donors (Lipinski definition) is 1. The Kier molecular flexibility index (Phi) is 7.34. The number of carbonyl (C=O) groups is 1. The van der Waals surface area contributed by atoms with E-state index in [1.54, 1.807) is 19.4 Å². The average Bonchev–Trinajstić information content (AvgIpc) is 3.13. The summed E-state index contributed by atoms with van der Waals surface area (Å²) in [6, 6.07) is 12.0. The molecule has 0 radical (unpaired) electrons. The Labute approximate surface area is 185 Å². The number of allylic oxidation sites excluding steroid dienone is 1. The van der Waals surface area contributed by atoms with Crippen molar-refractivity contribution in [2.24, 2.45) is 0 Å². The molecule has 0 aliphatic rings. The van der Waals surface area contributed by atoms with Crippen LogP contribution >= 0.6 is 15.9 Å². The van der Waals surface area contributed by atoms with E-state index in [9.17, 15) is 4.79 Å². The Balaban J connectivity index is 1.90. The molecule has 0 saturated carbocycles. The second kappa shape index (κ2) is 9.96. The van der Waals surface area contributed by atoms with Gasteiger partial charge in [0.05, 0.1) is 13.4 Å². The van der Waals surface area contributed by atoms with Gasteiger partial charge >= 0.3 is 0 Å². The minimum Gasteiger partial charge on any atom is -0.496 e. The van der Waals surface area contributed by atoms with Crippen LogP contribution in [0.3, 0.4) is 0 Å². The number of nitrogens with zero attached hydrogens (tertiary/aromatic N) is 1. The maximum absolute atomic E-state index is 12.3. The Morgan fingerprint density at radius 2 is 2.07 bits per heavy atom. The zero-order valence-corrected chi connectivity index (χ0v) is 19.4. The molecule has 0 atom stereocenters. The zero-order valence-electron chi connectivity index (χ0n) is 17.8. The summed E-state index contributed by atoms with van der Waals surface area (Å²) in [5.41, 5.74) is 4.49. The van der Waals surface area contributed by atoms with Crippen LogP contribution in [-0.2, 0) is 4.79 Å². The molecule has 0 saturated heterocycles. The first-order chi connectivity index (χ1) is 14.4. The van der Waals surface area contributed by atoms with Gasteiger partial charge in [-0.1, -0.05) is 28.1 Å². The third-order valence-corrected chi connectivity index (χ3v) is 5.38. The van der Waals surface area contributed by atoms with Crippen LogP contribution in [0, 0.1) is 0 Å². The van der Waals surface area contributed by atoms with Crippen LogP contribution in [0.2, 0.25) is 0 Å². The van der Waals surface area contributed by atoms with Gasteiger partial charge in [0.15, 0.2) is 0 Å². The molecule has 0 unspecified atom stereocenters. The predicted molar refractivity (Wildman–Crippen MR) is 126 cm³/mol. The highest BCUT2D eigenvalue weighted by atomic mass is 79.9. The fraction of sp³-hybridized carbons (Fsp3) is 0.292. The monoisotopic (exact) mass is 470 g/mol. The van der Waals surface area contributed by atoms with Crippen molar-refractivity contribution in [3.8, 4) is 16.9 Å². The average molecular weight is 471 g/mol. The summed E-state index contributed by atoms with van der Waals surface area (Å²) in [6.07, 6.45) is 4.29. The van der Waals surface area contributed by atoms with E-state index >= 15 is 0 Å². The first kappa shape index (κ1) is 22.1. The maximum atomic E-state index is 12.3. The molecular formula is C24H27BrN2O3. The van der Waals surface area contributed by atoms with Crippen molar-refractivity contribution >= 4 is 38.4 Å². The van der Waals surface area contributed by atoms with Gasteiger partial charge in [0.25, 0.3) is 0 Å². The molecule has 3 rings (SSSR count). The van der Waals surface area contributed by atoms with Gasteiger partial charge in [0.1, 0.15) is 11.3 Å². The first-order valence-corrected chi connectivity index (χ1v) is 10.6. The van der Waals surface area contributed by atoms with E-state index in [2.05, 4.69) is 32.2 Å². The molecule has 6 heteroatoms. The first-order valence-electron chi connectivity index (χ1n) is 9.85. The third-order valence-electron chi connectivity index (χ3n) is 4.89. The molecule has 30 heavy (non-hydrogen) atoms. The van der Waals surface area contributed by atoms with E-state index in [0.717, 1.165) is 50.7 Å². The molecule has 3 aromatic rings. The summed E-state index contributed by atoms with van der Waals surface area (Å²) in [5, 5.41) is 3.92. The Hall–Kier alpha value is -2.57. The summed E-state index contributed by atoms with van der Waals surface area (Å²) in [7, 11) is 5.66. The molecule has 0 bridgehead atoms. The molecule has 0 aliphatic heterocycles. The van der Waals surface area contributed by atoms with Crippen molar-refractivity contribution in [3.05, 3.63) is 58.8 Å². The van der Waals surface area contributed by atoms with Crippen LogP contribution in [0.1, 0.15) is 18.9 Å². The van der Waals surface area contributed by atoms with Gasteiger partial charge in [0.2, 0.25) is 5.91 Å². The molecule has 0 spiro atoms. The topological polar surface area (TPSA) is 54.7 Å². The molecule has 0 aliphatic carbocycles. The smallest absolute Gasteiger partial charge is 0.244 e. The van der Waals surface area contributed by atoms with E-state index in [-0.39, 0.29) is 5.91 Å². The molecule has 5 nitrogen and oxygen atoms in total. The number of ether oxygens (including phenoxy) is 1. The highest BCUT2D eigenvalue weighted by Gasteiger charge is 2.15. The lowest BCUT2D eigenvalue weighted by molar-refractivity contribution is -0.116. The van der Waals surface area contributed by atoms with Crippen molar-refractivity contribution in [2.75, 3.05) is 34.3 Å². The van der Waals surface area contributed by atoms with Gasteiger partial charge < -0.3 is 19.4 Å². The van der Waals surface area contributed by atoms with Crippen molar-refractivity contribution in [3.63, 3.8) is 0 Å². The normalized spacial score (nSPS) is 11.9. The minimum absolute atomic E-state index is 0.104. The Morgan fingerprint density at radius 3 is 2.77 bits per heavy atom. The van der Waals surface area contributed by atoms with Gasteiger partial charge in [-0.15, -0.1) is 0 Å². The van der Waals surface area contributed by atoms with Crippen LogP contribution in [0.5, 0.6) is 5.75 Å². The fourth-order valence-electron chi connectivity index (χ4n) is 3.34. The number of rotatable bonds is 8. The number of hydrogen-bond acceptors (Lipinski definition) is 4. The van der Waals surface area contributed by atoms with E-state index in [4.69, 9.17) is 9.15 Å². The lowest BCUT2D eigenvalue weighted by Gasteiger charge is -2.11. The van der Waals surface area contributed by atoms with Gasteiger partial charge in [-0.05, 0) is 63.3 Å². The van der Waals surface area contributed by atoms with Crippen LogP contribution in [0.4, 0.5) is 0 Å². The summed E-state index contributed by atoms with van der Waals surface area (Å²) >= 11 is 3.53. The molecular weight excluding hydrogens is 444 g/mol. The van der Waals surface area contributed by atoms with Gasteiger partial charge in [-0.3, -0.25) is 4.79 Å². The van der Waals surface area contributed by atoms with Gasteiger partial charge in [-0.25, -0.2) is 0 Å². The van der Waals surface area contributed by atoms with E-state index in [1.165, 1.54) is 0 Å². The van der Waals surface area contributed by atoms with Gasteiger partial charge in [-0.2, -0.15) is 0 Å². The van der Waals surface area contributed by atoms with Crippen molar-refractivity contribution in [1.82, 2.24) is 10.2 Å². The second-order valence-corrected chi connectivity index (χ2v) is 8.40. The lowest BCUT2D eigenvalue weighted by atomic mass is 9.99. The molecule has 0 fully saturated rings. The molecule has 1 amide bonds. The summed E-state index contributed by atoms with van der Waals surface area (Å²) < 4.78 is 12.4. The number of methoxy groups -OCH3 is 1. The van der Waals surface area contributed by atoms with Crippen molar-refractivity contribution < 1.29 is 13.9 Å². The highest BCUT2D eigenvalue weighted by molar-refractivity contribution is 9.10. The summed E-state index contributed by atoms with van der Waals surface area (Å²) in [4.78, 5) is 14.4. The van der Waals surface area contributed by atoms with E-state index in [1.807, 2.05) is 51.4 Å². The molecule has 158 valence electrons. The number of nitrogens with one attached hydrogen (secondary N) is 1. The number of benzene rings is 2. The van der Waals surface area contributed by atoms with E-state index < -0.39 is 0 Å². The molecule has 1 N–H and O–H groups in total. The number of fused-ring (bicyclic) bond motifs is 1. The Morgan fingerprint density at radius 1 is 1.27 bits per heavy atom. The van der Waals surface area contributed by atoms with Crippen LogP contribution in [-0.4, -0.2) is 45.1 Å². The van der Waals surface area contributed by atoms with Crippen LogP contribution in [0.25, 0.3) is 27.7 Å².